The van der Waals surface area contributed by atoms with E-state index in [-0.39, 0.29) is 10.6 Å². The summed E-state index contributed by atoms with van der Waals surface area (Å²) < 4.78 is 30.9. The van der Waals surface area contributed by atoms with Gasteiger partial charge < -0.3 is 10.5 Å². The number of benzene rings is 2. The van der Waals surface area contributed by atoms with Crippen molar-refractivity contribution in [1.29, 1.82) is 0 Å². The molecule has 2 N–H and O–H groups in total. The summed E-state index contributed by atoms with van der Waals surface area (Å²) >= 11 is 3.36. The number of ether oxygens (including phenoxy) is 1. The van der Waals surface area contributed by atoms with Gasteiger partial charge in [0, 0.05) is 5.69 Å². The molecule has 21 heavy (non-hydrogen) atoms. The first-order valence-corrected chi connectivity index (χ1v) is 8.70. The van der Waals surface area contributed by atoms with Crippen LogP contribution in [-0.4, -0.2) is 15.5 Å². The van der Waals surface area contributed by atoms with Gasteiger partial charge in [-0.3, -0.25) is 0 Å². The van der Waals surface area contributed by atoms with Crippen molar-refractivity contribution in [2.24, 2.45) is 0 Å². The van der Waals surface area contributed by atoms with E-state index in [9.17, 15) is 8.42 Å². The Bertz CT molecular complexity index is 772. The molecule has 0 radical (unpaired) electrons. The Kier molecular flexibility index (Phi) is 4.58. The highest BCUT2D eigenvalue weighted by Crippen LogP contribution is 2.28. The molecule has 0 spiro atoms. The summed E-state index contributed by atoms with van der Waals surface area (Å²) in [7, 11) is -1.88. The minimum absolute atomic E-state index is 0.0834. The lowest BCUT2D eigenvalue weighted by molar-refractivity contribution is 0.412. The van der Waals surface area contributed by atoms with Crippen molar-refractivity contribution >= 4 is 31.5 Å². The van der Waals surface area contributed by atoms with E-state index in [4.69, 9.17) is 10.5 Å². The van der Waals surface area contributed by atoms with Crippen molar-refractivity contribution in [3.05, 3.63) is 52.0 Å². The van der Waals surface area contributed by atoms with Crippen molar-refractivity contribution in [1.82, 2.24) is 0 Å². The largest absolute Gasteiger partial charge is 0.496 e. The summed E-state index contributed by atoms with van der Waals surface area (Å²) in [5.74, 6) is 0.580. The van der Waals surface area contributed by atoms with Crippen LogP contribution in [0, 0.1) is 6.92 Å². The molecule has 2 rings (SSSR count). The van der Waals surface area contributed by atoms with Gasteiger partial charge in [-0.1, -0.05) is 12.1 Å². The maximum atomic E-state index is 12.5. The molecule has 0 aliphatic rings. The lowest BCUT2D eigenvalue weighted by Gasteiger charge is -2.11. The van der Waals surface area contributed by atoms with Crippen LogP contribution in [0.2, 0.25) is 0 Å². The molecule has 2 aromatic carbocycles. The maximum absolute atomic E-state index is 12.5. The number of rotatable bonds is 4. The lowest BCUT2D eigenvalue weighted by atomic mass is 10.2. The predicted octanol–water partition coefficient (Wildman–Crippen LogP) is 3.32. The number of hydrogen-bond acceptors (Lipinski definition) is 4. The third kappa shape index (κ3) is 3.39. The van der Waals surface area contributed by atoms with Crippen molar-refractivity contribution < 1.29 is 13.2 Å². The molecule has 0 amide bonds. The Morgan fingerprint density at radius 1 is 1.24 bits per heavy atom. The quantitative estimate of drug-likeness (QED) is 0.839. The van der Waals surface area contributed by atoms with Gasteiger partial charge in [0.05, 0.1) is 22.2 Å². The molecule has 0 aliphatic carbocycles. The van der Waals surface area contributed by atoms with Crippen LogP contribution in [0.15, 0.2) is 45.8 Å². The number of anilines is 1. The topological polar surface area (TPSA) is 69.4 Å². The van der Waals surface area contributed by atoms with Crippen molar-refractivity contribution in [3.63, 3.8) is 0 Å². The molecule has 0 atom stereocenters. The summed E-state index contributed by atoms with van der Waals surface area (Å²) in [4.78, 5) is 0.273. The Hall–Kier alpha value is -1.53. The van der Waals surface area contributed by atoms with Crippen LogP contribution in [0.5, 0.6) is 5.75 Å². The zero-order valence-corrected chi connectivity index (χ0v) is 14.2. The molecule has 0 saturated carbocycles. The van der Waals surface area contributed by atoms with E-state index in [1.54, 1.807) is 50.4 Å². The van der Waals surface area contributed by atoms with Gasteiger partial charge in [-0.25, -0.2) is 8.42 Å². The standard InChI is InChI=1S/C15H16BrNO3S/c1-10-13(17)4-3-5-15(10)21(18,19)9-11-6-7-14(20-2)12(16)8-11/h3-8H,9,17H2,1-2H3. The average Bonchev–Trinajstić information content (AvgIpc) is 2.41. The number of hydrogen-bond donors (Lipinski definition) is 1. The molecule has 0 fully saturated rings. The fourth-order valence-electron chi connectivity index (χ4n) is 2.07. The first kappa shape index (κ1) is 15.9. The summed E-state index contributed by atoms with van der Waals surface area (Å²) in [5.41, 5.74) is 7.54. The Morgan fingerprint density at radius 3 is 2.57 bits per heavy atom. The molecule has 0 aliphatic heterocycles. The lowest BCUT2D eigenvalue weighted by Crippen LogP contribution is -2.08. The highest BCUT2D eigenvalue weighted by molar-refractivity contribution is 9.10. The Morgan fingerprint density at radius 2 is 1.95 bits per heavy atom. The molecule has 0 aromatic heterocycles. The average molecular weight is 370 g/mol. The first-order chi connectivity index (χ1) is 9.85. The Balaban J connectivity index is 2.38. The highest BCUT2D eigenvalue weighted by atomic mass is 79.9. The molecule has 0 unspecified atom stereocenters. The molecule has 4 nitrogen and oxygen atoms in total. The summed E-state index contributed by atoms with van der Waals surface area (Å²) in [6, 6.07) is 10.2. The van der Waals surface area contributed by atoms with Crippen LogP contribution < -0.4 is 10.5 Å². The van der Waals surface area contributed by atoms with Gasteiger partial charge >= 0.3 is 0 Å². The van der Waals surface area contributed by atoms with Gasteiger partial charge in [0.25, 0.3) is 0 Å². The predicted molar refractivity (Wildman–Crippen MR) is 87.2 cm³/mol. The normalized spacial score (nSPS) is 11.4. The second kappa shape index (κ2) is 6.07. The second-order valence-electron chi connectivity index (χ2n) is 4.70. The highest BCUT2D eigenvalue weighted by Gasteiger charge is 2.19. The van der Waals surface area contributed by atoms with E-state index in [1.807, 2.05) is 0 Å². The molecular weight excluding hydrogens is 354 g/mol. The van der Waals surface area contributed by atoms with Crippen LogP contribution in [0.4, 0.5) is 5.69 Å². The zero-order valence-electron chi connectivity index (χ0n) is 11.8. The molecule has 6 heteroatoms. The fraction of sp³-hybridized carbons (Fsp3) is 0.200. The molecular formula is C15H16BrNO3S. The van der Waals surface area contributed by atoms with Gasteiger partial charge in [0.1, 0.15) is 5.75 Å². The third-order valence-corrected chi connectivity index (χ3v) is 5.68. The van der Waals surface area contributed by atoms with E-state index in [2.05, 4.69) is 15.9 Å². The minimum atomic E-state index is -3.44. The number of sulfone groups is 1. The van der Waals surface area contributed by atoms with E-state index in [0.717, 1.165) is 4.47 Å². The van der Waals surface area contributed by atoms with Crippen LogP contribution in [-0.2, 0) is 15.6 Å². The van der Waals surface area contributed by atoms with Crippen LogP contribution in [0.25, 0.3) is 0 Å². The monoisotopic (exact) mass is 369 g/mol. The molecule has 0 heterocycles. The van der Waals surface area contributed by atoms with E-state index >= 15 is 0 Å². The summed E-state index contributed by atoms with van der Waals surface area (Å²) in [6.07, 6.45) is 0. The first-order valence-electron chi connectivity index (χ1n) is 6.25. The van der Waals surface area contributed by atoms with E-state index < -0.39 is 9.84 Å². The molecule has 0 bridgehead atoms. The fourth-order valence-corrected chi connectivity index (χ4v) is 4.30. The van der Waals surface area contributed by atoms with Crippen molar-refractivity contribution in [2.45, 2.75) is 17.6 Å². The van der Waals surface area contributed by atoms with Gasteiger partial charge in [-0.2, -0.15) is 0 Å². The van der Waals surface area contributed by atoms with Crippen molar-refractivity contribution in [3.8, 4) is 5.75 Å². The van der Waals surface area contributed by atoms with Gasteiger partial charge in [0.15, 0.2) is 9.84 Å². The van der Waals surface area contributed by atoms with Crippen LogP contribution in [0.1, 0.15) is 11.1 Å². The summed E-state index contributed by atoms with van der Waals surface area (Å²) in [6.45, 7) is 1.71. The SMILES string of the molecule is COc1ccc(CS(=O)(=O)c2cccc(N)c2C)cc1Br. The number of nitrogens with two attached hydrogens (primary N) is 1. The molecule has 0 saturated heterocycles. The van der Waals surface area contributed by atoms with Gasteiger partial charge in [0.2, 0.25) is 0 Å². The third-order valence-electron chi connectivity index (χ3n) is 3.23. The number of halogens is 1. The van der Waals surface area contributed by atoms with Gasteiger partial charge in [-0.15, -0.1) is 0 Å². The van der Waals surface area contributed by atoms with Gasteiger partial charge in [-0.05, 0) is 58.2 Å². The number of nitrogen functional groups attached to an aromatic ring is 1. The summed E-state index contributed by atoms with van der Waals surface area (Å²) in [5, 5.41) is 0. The molecule has 2 aromatic rings. The van der Waals surface area contributed by atoms with Crippen LogP contribution >= 0.6 is 15.9 Å². The second-order valence-corrected chi connectivity index (χ2v) is 7.51. The van der Waals surface area contributed by atoms with Crippen LogP contribution in [0.3, 0.4) is 0 Å². The van der Waals surface area contributed by atoms with E-state index in [1.165, 1.54) is 0 Å². The smallest absolute Gasteiger partial charge is 0.182 e. The Labute approximate surface area is 133 Å². The number of methoxy groups -OCH3 is 1. The maximum Gasteiger partial charge on any atom is 0.182 e. The molecule has 112 valence electrons. The van der Waals surface area contributed by atoms with E-state index in [0.29, 0.717) is 22.6 Å². The van der Waals surface area contributed by atoms with Crippen molar-refractivity contribution in [2.75, 3.05) is 12.8 Å². The minimum Gasteiger partial charge on any atom is -0.496 e. The zero-order chi connectivity index (χ0) is 15.6.